The maximum absolute atomic E-state index is 14.3. The Morgan fingerprint density at radius 2 is 1.65 bits per heavy atom. The largest absolute Gasteiger partial charge is 0.415 e. The van der Waals surface area contributed by atoms with E-state index in [2.05, 4.69) is 18.2 Å². The Hall–Kier alpha value is -3.67. The standard InChI is InChI=1S/C28H28F2N2O2/c1-5-31(6-2)28(33)34-26-10-9-25-23(27(26)20-14-18(3)13-19(4)15-20)11-12-32(25)17-21-16-22(29)7-8-24(21)30/h7-16H,5-6,17H2,1-4H3. The van der Waals surface area contributed by atoms with Gasteiger partial charge < -0.3 is 14.2 Å². The Bertz CT molecular complexity index is 1340. The van der Waals surface area contributed by atoms with Crippen LogP contribution in [0, 0.1) is 25.5 Å². The molecule has 0 atom stereocenters. The van der Waals surface area contributed by atoms with E-state index in [0.29, 0.717) is 18.8 Å². The Balaban J connectivity index is 1.86. The summed E-state index contributed by atoms with van der Waals surface area (Å²) in [5, 5.41) is 0.867. The van der Waals surface area contributed by atoms with Crippen molar-refractivity contribution in [3.8, 4) is 16.9 Å². The van der Waals surface area contributed by atoms with Crippen molar-refractivity contribution in [3.63, 3.8) is 0 Å². The Labute approximate surface area is 198 Å². The summed E-state index contributed by atoms with van der Waals surface area (Å²) in [6, 6.07) is 15.2. The van der Waals surface area contributed by atoms with E-state index in [1.807, 2.05) is 50.6 Å². The Morgan fingerprint density at radius 3 is 2.32 bits per heavy atom. The summed E-state index contributed by atoms with van der Waals surface area (Å²) in [4.78, 5) is 14.4. The molecule has 0 radical (unpaired) electrons. The van der Waals surface area contributed by atoms with Crippen LogP contribution in [-0.2, 0) is 6.54 Å². The average molecular weight is 463 g/mol. The van der Waals surface area contributed by atoms with E-state index in [9.17, 15) is 13.6 Å². The highest BCUT2D eigenvalue weighted by Gasteiger charge is 2.20. The molecule has 1 heterocycles. The number of rotatable bonds is 6. The van der Waals surface area contributed by atoms with Crippen LogP contribution in [0.4, 0.5) is 13.6 Å². The second-order valence-electron chi connectivity index (χ2n) is 8.47. The average Bonchev–Trinajstić information content (AvgIpc) is 3.19. The minimum atomic E-state index is -0.477. The zero-order valence-electron chi connectivity index (χ0n) is 19.9. The number of nitrogens with zero attached hydrogens (tertiary/aromatic N) is 2. The number of amides is 1. The number of ether oxygens (including phenoxy) is 1. The van der Waals surface area contributed by atoms with Gasteiger partial charge in [0, 0.05) is 41.3 Å². The molecule has 1 aromatic heterocycles. The number of halogens is 2. The zero-order chi connectivity index (χ0) is 24.4. The first-order valence-corrected chi connectivity index (χ1v) is 11.4. The molecule has 0 aliphatic rings. The molecular formula is C28H28F2N2O2. The van der Waals surface area contributed by atoms with Crippen molar-refractivity contribution in [2.45, 2.75) is 34.2 Å². The maximum Gasteiger partial charge on any atom is 0.415 e. The molecule has 0 spiro atoms. The van der Waals surface area contributed by atoms with Crippen molar-refractivity contribution in [2.24, 2.45) is 0 Å². The maximum atomic E-state index is 14.3. The van der Waals surface area contributed by atoms with E-state index in [-0.39, 0.29) is 12.1 Å². The van der Waals surface area contributed by atoms with Gasteiger partial charge in [-0.3, -0.25) is 0 Å². The topological polar surface area (TPSA) is 34.5 Å². The van der Waals surface area contributed by atoms with Crippen LogP contribution >= 0.6 is 0 Å². The number of carbonyl (C=O) groups excluding carboxylic acids is 1. The van der Waals surface area contributed by atoms with E-state index in [1.165, 1.54) is 6.07 Å². The fraction of sp³-hybridized carbons (Fsp3) is 0.250. The number of hydrogen-bond acceptors (Lipinski definition) is 2. The zero-order valence-corrected chi connectivity index (χ0v) is 19.9. The van der Waals surface area contributed by atoms with E-state index >= 15 is 0 Å². The molecule has 4 nitrogen and oxygen atoms in total. The highest BCUT2D eigenvalue weighted by atomic mass is 19.1. The Kier molecular flexibility index (Phi) is 6.68. The van der Waals surface area contributed by atoms with Gasteiger partial charge in [-0.2, -0.15) is 0 Å². The van der Waals surface area contributed by atoms with Gasteiger partial charge in [-0.05, 0) is 69.7 Å². The van der Waals surface area contributed by atoms with Gasteiger partial charge >= 0.3 is 6.09 Å². The first-order valence-electron chi connectivity index (χ1n) is 11.4. The summed E-state index contributed by atoms with van der Waals surface area (Å²) in [6.07, 6.45) is 1.44. The van der Waals surface area contributed by atoms with Gasteiger partial charge in [0.25, 0.3) is 0 Å². The lowest BCUT2D eigenvalue weighted by Crippen LogP contribution is -2.33. The van der Waals surface area contributed by atoms with Crippen LogP contribution in [-0.4, -0.2) is 28.6 Å². The summed E-state index contributed by atoms with van der Waals surface area (Å²) in [6.45, 7) is 9.14. The molecule has 0 saturated carbocycles. The quantitative estimate of drug-likeness (QED) is 0.306. The number of carbonyl (C=O) groups is 1. The van der Waals surface area contributed by atoms with Crippen LogP contribution in [0.1, 0.15) is 30.5 Å². The Morgan fingerprint density at radius 1 is 0.941 bits per heavy atom. The van der Waals surface area contributed by atoms with Gasteiger partial charge in [0.2, 0.25) is 0 Å². The smallest absolute Gasteiger partial charge is 0.410 e. The van der Waals surface area contributed by atoms with Gasteiger partial charge in [0.05, 0.1) is 6.54 Å². The van der Waals surface area contributed by atoms with E-state index in [4.69, 9.17) is 4.74 Å². The lowest BCUT2D eigenvalue weighted by atomic mass is 9.97. The molecule has 0 N–H and O–H groups in total. The molecular weight excluding hydrogens is 434 g/mol. The van der Waals surface area contributed by atoms with Crippen LogP contribution in [0.25, 0.3) is 22.0 Å². The molecule has 176 valence electrons. The van der Waals surface area contributed by atoms with Gasteiger partial charge in [-0.15, -0.1) is 0 Å². The van der Waals surface area contributed by atoms with E-state index in [0.717, 1.165) is 45.3 Å². The number of hydrogen-bond donors (Lipinski definition) is 0. The predicted molar refractivity (Wildman–Crippen MR) is 131 cm³/mol. The van der Waals surface area contributed by atoms with Gasteiger partial charge in [0.15, 0.2) is 0 Å². The van der Waals surface area contributed by atoms with Crippen molar-refractivity contribution < 1.29 is 18.3 Å². The summed E-state index contributed by atoms with van der Waals surface area (Å²) in [7, 11) is 0. The number of benzene rings is 3. The molecule has 0 aliphatic carbocycles. The van der Waals surface area contributed by atoms with Crippen molar-refractivity contribution in [1.82, 2.24) is 9.47 Å². The summed E-state index contributed by atoms with van der Waals surface area (Å²) in [5.41, 5.74) is 5.01. The minimum absolute atomic E-state index is 0.179. The van der Waals surface area contributed by atoms with E-state index in [1.54, 1.807) is 11.0 Å². The number of aryl methyl sites for hydroxylation is 2. The van der Waals surface area contributed by atoms with Crippen LogP contribution < -0.4 is 4.74 Å². The first-order chi connectivity index (χ1) is 16.3. The van der Waals surface area contributed by atoms with Crippen molar-refractivity contribution in [2.75, 3.05) is 13.1 Å². The minimum Gasteiger partial charge on any atom is -0.410 e. The van der Waals surface area contributed by atoms with Crippen molar-refractivity contribution in [1.29, 1.82) is 0 Å². The lowest BCUT2D eigenvalue weighted by Gasteiger charge is -2.20. The van der Waals surface area contributed by atoms with Gasteiger partial charge in [-0.25, -0.2) is 13.6 Å². The van der Waals surface area contributed by atoms with Crippen LogP contribution in [0.3, 0.4) is 0 Å². The third-order valence-electron chi connectivity index (χ3n) is 5.99. The molecule has 0 aliphatic heterocycles. The molecule has 0 bridgehead atoms. The van der Waals surface area contributed by atoms with Crippen LogP contribution in [0.5, 0.6) is 5.75 Å². The molecule has 1 amide bonds. The highest BCUT2D eigenvalue weighted by Crippen LogP contribution is 2.39. The monoisotopic (exact) mass is 462 g/mol. The molecule has 3 aromatic carbocycles. The fourth-order valence-electron chi connectivity index (χ4n) is 4.38. The molecule has 0 unspecified atom stereocenters. The molecule has 6 heteroatoms. The lowest BCUT2D eigenvalue weighted by molar-refractivity contribution is 0.157. The fourth-order valence-corrected chi connectivity index (χ4v) is 4.38. The third kappa shape index (κ3) is 4.67. The normalized spacial score (nSPS) is 11.1. The third-order valence-corrected chi connectivity index (χ3v) is 5.99. The summed E-state index contributed by atoms with van der Waals surface area (Å²) >= 11 is 0. The predicted octanol–water partition coefficient (Wildman–Crippen LogP) is 7.09. The number of fused-ring (bicyclic) bond motifs is 1. The molecule has 34 heavy (non-hydrogen) atoms. The van der Waals surface area contributed by atoms with Crippen LogP contribution in [0.2, 0.25) is 0 Å². The summed E-state index contributed by atoms with van der Waals surface area (Å²) < 4.78 is 35.8. The second kappa shape index (κ2) is 9.67. The highest BCUT2D eigenvalue weighted by molar-refractivity contribution is 6.00. The second-order valence-corrected chi connectivity index (χ2v) is 8.47. The SMILES string of the molecule is CCN(CC)C(=O)Oc1ccc2c(ccn2Cc2cc(F)ccc2F)c1-c1cc(C)cc(C)c1. The van der Waals surface area contributed by atoms with Crippen molar-refractivity contribution in [3.05, 3.63) is 89.1 Å². The molecule has 4 aromatic rings. The molecule has 4 rings (SSSR count). The number of aromatic nitrogens is 1. The van der Waals surface area contributed by atoms with Crippen LogP contribution in [0.15, 0.2) is 60.8 Å². The molecule has 0 fully saturated rings. The summed E-state index contributed by atoms with van der Waals surface area (Å²) in [5.74, 6) is -0.471. The molecule has 0 saturated heterocycles. The van der Waals surface area contributed by atoms with Gasteiger partial charge in [0.1, 0.15) is 17.4 Å². The van der Waals surface area contributed by atoms with Crippen molar-refractivity contribution >= 4 is 17.0 Å². The van der Waals surface area contributed by atoms with Gasteiger partial charge in [-0.1, -0.05) is 29.3 Å². The van der Waals surface area contributed by atoms with E-state index < -0.39 is 17.7 Å². The first kappa shape index (κ1) is 23.5.